The average molecular weight is 442 g/mol. The van der Waals surface area contributed by atoms with Gasteiger partial charge < -0.3 is 19.5 Å². The van der Waals surface area contributed by atoms with Crippen molar-refractivity contribution in [2.45, 2.75) is 39.2 Å². The van der Waals surface area contributed by atoms with Gasteiger partial charge in [-0.15, -0.1) is 0 Å². The molecule has 27 heavy (non-hydrogen) atoms. The van der Waals surface area contributed by atoms with Crippen LogP contribution >= 0.6 is 15.9 Å². The van der Waals surface area contributed by atoms with Crippen LogP contribution in [0.15, 0.2) is 18.2 Å². The van der Waals surface area contributed by atoms with Gasteiger partial charge in [-0.25, -0.2) is 9.59 Å². The van der Waals surface area contributed by atoms with E-state index in [-0.39, 0.29) is 5.97 Å². The molecular weight excluding hydrogens is 414 g/mol. The lowest BCUT2D eigenvalue weighted by Crippen LogP contribution is -2.35. The fourth-order valence-electron chi connectivity index (χ4n) is 3.06. The topological polar surface area (TPSA) is 73.9 Å². The van der Waals surface area contributed by atoms with Crippen molar-refractivity contribution in [1.29, 1.82) is 0 Å². The summed E-state index contributed by atoms with van der Waals surface area (Å²) in [6.07, 6.45) is 1.31. The SMILES string of the molecule is COC(=O)c1ccc2c(c1)OCC(C(CBr)CCNC(=O)OC(C)(C)C)C2. The Balaban J connectivity index is 1.90. The van der Waals surface area contributed by atoms with Crippen molar-refractivity contribution >= 4 is 28.0 Å². The molecule has 1 heterocycles. The lowest BCUT2D eigenvalue weighted by molar-refractivity contribution is 0.0521. The summed E-state index contributed by atoms with van der Waals surface area (Å²) >= 11 is 3.59. The summed E-state index contributed by atoms with van der Waals surface area (Å²) < 4.78 is 15.9. The normalized spacial score (nSPS) is 17.3. The Hall–Kier alpha value is -1.76. The minimum Gasteiger partial charge on any atom is -0.493 e. The third kappa shape index (κ3) is 6.41. The maximum Gasteiger partial charge on any atom is 0.407 e. The first-order chi connectivity index (χ1) is 12.7. The van der Waals surface area contributed by atoms with Gasteiger partial charge >= 0.3 is 12.1 Å². The van der Waals surface area contributed by atoms with E-state index in [0.29, 0.717) is 30.6 Å². The number of ether oxygens (including phenoxy) is 3. The number of halogens is 1. The zero-order valence-corrected chi connectivity index (χ0v) is 17.9. The number of carbonyl (C=O) groups excluding carboxylic acids is 2. The van der Waals surface area contributed by atoms with Crippen molar-refractivity contribution in [2.24, 2.45) is 11.8 Å². The number of hydrogen-bond donors (Lipinski definition) is 1. The molecule has 0 aliphatic carbocycles. The number of hydrogen-bond acceptors (Lipinski definition) is 5. The molecule has 1 aromatic carbocycles. The molecule has 1 amide bonds. The number of fused-ring (bicyclic) bond motifs is 1. The summed E-state index contributed by atoms with van der Waals surface area (Å²) in [5.74, 6) is 1.07. The van der Waals surface area contributed by atoms with E-state index in [4.69, 9.17) is 14.2 Å². The van der Waals surface area contributed by atoms with E-state index in [1.807, 2.05) is 26.8 Å². The first-order valence-electron chi connectivity index (χ1n) is 9.10. The third-order valence-corrected chi connectivity index (χ3v) is 5.30. The van der Waals surface area contributed by atoms with Gasteiger partial charge in [0.05, 0.1) is 19.3 Å². The molecule has 0 aromatic heterocycles. The zero-order chi connectivity index (χ0) is 20.0. The largest absolute Gasteiger partial charge is 0.493 e. The number of alkyl carbamates (subject to hydrolysis) is 1. The van der Waals surface area contributed by atoms with Crippen LogP contribution in [0.1, 0.15) is 43.1 Å². The fraction of sp³-hybridized carbons (Fsp3) is 0.600. The molecule has 0 bridgehead atoms. The van der Waals surface area contributed by atoms with E-state index in [9.17, 15) is 9.59 Å². The average Bonchev–Trinajstić information content (AvgIpc) is 2.62. The molecule has 0 radical (unpaired) electrons. The molecule has 6 nitrogen and oxygen atoms in total. The first kappa shape index (κ1) is 21.5. The number of carbonyl (C=O) groups is 2. The predicted molar refractivity (Wildman–Crippen MR) is 107 cm³/mol. The van der Waals surface area contributed by atoms with Crippen molar-refractivity contribution in [3.63, 3.8) is 0 Å². The number of nitrogens with one attached hydrogen (secondary N) is 1. The Kier molecular flexibility index (Phi) is 7.53. The minimum atomic E-state index is -0.497. The maximum absolute atomic E-state index is 11.8. The summed E-state index contributed by atoms with van der Waals surface area (Å²) in [7, 11) is 1.37. The highest BCUT2D eigenvalue weighted by atomic mass is 79.9. The molecule has 0 saturated heterocycles. The highest BCUT2D eigenvalue weighted by Crippen LogP contribution is 2.33. The van der Waals surface area contributed by atoms with Gasteiger partial charge in [-0.2, -0.15) is 0 Å². The summed E-state index contributed by atoms with van der Waals surface area (Å²) in [4.78, 5) is 23.4. The van der Waals surface area contributed by atoms with E-state index in [1.165, 1.54) is 7.11 Å². The van der Waals surface area contributed by atoms with Crippen LogP contribution in [0.4, 0.5) is 4.79 Å². The molecule has 1 aromatic rings. The maximum atomic E-state index is 11.8. The zero-order valence-electron chi connectivity index (χ0n) is 16.3. The van der Waals surface area contributed by atoms with Crippen molar-refractivity contribution in [2.75, 3.05) is 25.6 Å². The van der Waals surface area contributed by atoms with Crippen LogP contribution in [0.3, 0.4) is 0 Å². The van der Waals surface area contributed by atoms with Crippen molar-refractivity contribution in [3.8, 4) is 5.75 Å². The fourth-order valence-corrected chi connectivity index (χ4v) is 3.91. The molecule has 1 N–H and O–H groups in total. The van der Waals surface area contributed by atoms with Gasteiger partial charge in [-0.1, -0.05) is 22.0 Å². The predicted octanol–water partition coefficient (Wildman–Crippen LogP) is 3.95. The van der Waals surface area contributed by atoms with Gasteiger partial charge in [-0.3, -0.25) is 0 Å². The summed E-state index contributed by atoms with van der Waals surface area (Å²) in [6, 6.07) is 5.44. The number of rotatable bonds is 6. The molecule has 2 rings (SSSR count). The van der Waals surface area contributed by atoms with E-state index in [0.717, 1.165) is 29.5 Å². The standard InChI is InChI=1S/C20H28BrNO5/c1-20(2,3)27-19(24)22-8-7-15(11-21)16-9-13-5-6-14(18(23)25-4)10-17(13)26-12-16/h5-6,10,15-16H,7-9,11-12H2,1-4H3,(H,22,24). The van der Waals surface area contributed by atoms with Gasteiger partial charge in [0, 0.05) is 17.8 Å². The van der Waals surface area contributed by atoms with E-state index in [2.05, 4.69) is 21.2 Å². The van der Waals surface area contributed by atoms with Crippen molar-refractivity contribution in [3.05, 3.63) is 29.3 Å². The van der Waals surface area contributed by atoms with Crippen LogP contribution in [0.25, 0.3) is 0 Å². The second kappa shape index (κ2) is 9.44. The summed E-state index contributed by atoms with van der Waals surface area (Å²) in [5, 5.41) is 3.64. The highest BCUT2D eigenvalue weighted by Gasteiger charge is 2.27. The van der Waals surface area contributed by atoms with Gasteiger partial charge in [0.1, 0.15) is 11.4 Å². The van der Waals surface area contributed by atoms with Crippen LogP contribution in [0.2, 0.25) is 0 Å². The van der Waals surface area contributed by atoms with E-state index in [1.54, 1.807) is 12.1 Å². The second-order valence-electron chi connectivity index (χ2n) is 7.72. The molecule has 0 spiro atoms. The van der Waals surface area contributed by atoms with Crippen molar-refractivity contribution in [1.82, 2.24) is 5.32 Å². The Morgan fingerprint density at radius 2 is 2.11 bits per heavy atom. The molecule has 1 aliphatic rings. The summed E-state index contributed by atoms with van der Waals surface area (Å²) in [5.41, 5.74) is 1.08. The molecule has 2 unspecified atom stereocenters. The number of methoxy groups -OCH3 is 1. The number of esters is 1. The Labute approximate surface area is 169 Å². The van der Waals surface area contributed by atoms with Crippen LogP contribution in [-0.2, 0) is 15.9 Å². The van der Waals surface area contributed by atoms with E-state index >= 15 is 0 Å². The number of amides is 1. The van der Waals surface area contributed by atoms with Gasteiger partial charge in [-0.05, 0) is 57.2 Å². The first-order valence-corrected chi connectivity index (χ1v) is 10.2. The lowest BCUT2D eigenvalue weighted by atomic mass is 9.84. The number of benzene rings is 1. The highest BCUT2D eigenvalue weighted by molar-refractivity contribution is 9.09. The lowest BCUT2D eigenvalue weighted by Gasteiger charge is -2.31. The van der Waals surface area contributed by atoms with Gasteiger partial charge in [0.25, 0.3) is 0 Å². The number of alkyl halides is 1. The van der Waals surface area contributed by atoms with Crippen LogP contribution < -0.4 is 10.1 Å². The molecule has 0 fully saturated rings. The molecule has 150 valence electrons. The van der Waals surface area contributed by atoms with Crippen LogP contribution in [0.5, 0.6) is 5.75 Å². The Morgan fingerprint density at radius 1 is 1.37 bits per heavy atom. The van der Waals surface area contributed by atoms with Crippen LogP contribution in [-0.4, -0.2) is 43.3 Å². The van der Waals surface area contributed by atoms with E-state index < -0.39 is 11.7 Å². The minimum absolute atomic E-state index is 0.335. The van der Waals surface area contributed by atoms with Gasteiger partial charge in [0.2, 0.25) is 0 Å². The van der Waals surface area contributed by atoms with Crippen molar-refractivity contribution < 1.29 is 23.8 Å². The molecule has 1 aliphatic heterocycles. The van der Waals surface area contributed by atoms with Gasteiger partial charge in [0.15, 0.2) is 0 Å². The smallest absolute Gasteiger partial charge is 0.407 e. The third-order valence-electron chi connectivity index (χ3n) is 4.47. The Morgan fingerprint density at radius 3 is 2.74 bits per heavy atom. The molecular formula is C20H28BrNO5. The molecule has 0 saturated carbocycles. The Bertz CT molecular complexity index is 671. The monoisotopic (exact) mass is 441 g/mol. The van der Waals surface area contributed by atoms with Crippen LogP contribution in [0, 0.1) is 11.8 Å². The summed E-state index contributed by atoms with van der Waals surface area (Å²) in [6.45, 7) is 6.67. The molecule has 7 heteroatoms. The quantitative estimate of drug-likeness (QED) is 0.534. The molecule has 2 atom stereocenters. The second-order valence-corrected chi connectivity index (χ2v) is 8.37.